The first-order chi connectivity index (χ1) is 11.7. The van der Waals surface area contributed by atoms with Gasteiger partial charge >= 0.3 is 0 Å². The van der Waals surface area contributed by atoms with Gasteiger partial charge in [-0.1, -0.05) is 12.1 Å². The Morgan fingerprint density at radius 3 is 2.29 bits per heavy atom. The van der Waals surface area contributed by atoms with Crippen LogP contribution in [-0.2, 0) is 6.42 Å². The Bertz CT molecular complexity index is 828. The van der Waals surface area contributed by atoms with Gasteiger partial charge in [0, 0.05) is 5.56 Å². The Labute approximate surface area is 139 Å². The Balaban J connectivity index is 1.91. The molecule has 0 amide bonds. The summed E-state index contributed by atoms with van der Waals surface area (Å²) in [6, 6.07) is 11.0. The van der Waals surface area contributed by atoms with Crippen LogP contribution < -0.4 is 14.2 Å². The predicted molar refractivity (Wildman–Crippen MR) is 90.2 cm³/mol. The first kappa shape index (κ1) is 15.9. The van der Waals surface area contributed by atoms with E-state index in [2.05, 4.69) is 9.97 Å². The van der Waals surface area contributed by atoms with Crippen LogP contribution in [-0.4, -0.2) is 37.1 Å². The molecule has 0 saturated heterocycles. The van der Waals surface area contributed by atoms with Crippen molar-refractivity contribution in [3.63, 3.8) is 0 Å². The smallest absolute Gasteiger partial charge is 0.203 e. The molecule has 0 atom stereocenters. The number of methoxy groups -OCH3 is 3. The normalized spacial score (nSPS) is 10.6. The number of H-pyrrole nitrogens is 1. The van der Waals surface area contributed by atoms with Gasteiger partial charge < -0.3 is 19.2 Å². The molecule has 0 spiro atoms. The average Bonchev–Trinajstić information content (AvgIpc) is 3.02. The van der Waals surface area contributed by atoms with Crippen LogP contribution in [0.25, 0.3) is 11.0 Å². The topological polar surface area (TPSA) is 73.4 Å². The van der Waals surface area contributed by atoms with Gasteiger partial charge in [-0.2, -0.15) is 0 Å². The number of aromatic nitrogens is 2. The highest BCUT2D eigenvalue weighted by Crippen LogP contribution is 2.38. The van der Waals surface area contributed by atoms with E-state index in [0.717, 1.165) is 11.0 Å². The zero-order valence-corrected chi connectivity index (χ0v) is 13.8. The molecule has 0 fully saturated rings. The van der Waals surface area contributed by atoms with E-state index in [9.17, 15) is 4.79 Å². The minimum Gasteiger partial charge on any atom is -0.493 e. The van der Waals surface area contributed by atoms with E-state index in [0.29, 0.717) is 28.6 Å². The number of ketones is 1. The summed E-state index contributed by atoms with van der Waals surface area (Å²) in [5, 5.41) is 0. The maximum absolute atomic E-state index is 12.6. The standard InChI is InChI=1S/C18H18N2O4/c1-22-15-8-11(9-16(23-2)18(15)24-3)14(21)10-17-19-12-6-4-5-7-13(12)20-17/h4-9H,10H2,1-3H3,(H,19,20). The second-order valence-electron chi connectivity index (χ2n) is 5.21. The average molecular weight is 326 g/mol. The van der Waals surface area contributed by atoms with Gasteiger partial charge in [0.25, 0.3) is 0 Å². The highest BCUT2D eigenvalue weighted by molar-refractivity contribution is 5.98. The van der Waals surface area contributed by atoms with Crippen LogP contribution in [0.4, 0.5) is 0 Å². The summed E-state index contributed by atoms with van der Waals surface area (Å²) in [7, 11) is 4.56. The number of ether oxygens (including phenoxy) is 3. The molecule has 0 bridgehead atoms. The molecular formula is C18H18N2O4. The zero-order chi connectivity index (χ0) is 17.1. The van der Waals surface area contributed by atoms with Crippen molar-refractivity contribution in [2.24, 2.45) is 0 Å². The van der Waals surface area contributed by atoms with Crippen molar-refractivity contribution in [3.05, 3.63) is 47.8 Å². The molecular weight excluding hydrogens is 308 g/mol. The van der Waals surface area contributed by atoms with Crippen LogP contribution in [0.1, 0.15) is 16.2 Å². The lowest BCUT2D eigenvalue weighted by Gasteiger charge is -2.13. The highest BCUT2D eigenvalue weighted by Gasteiger charge is 2.18. The molecule has 2 aromatic carbocycles. The van der Waals surface area contributed by atoms with Gasteiger partial charge in [0.15, 0.2) is 17.3 Å². The Morgan fingerprint density at radius 2 is 1.71 bits per heavy atom. The molecule has 0 aliphatic carbocycles. The number of benzene rings is 2. The minimum absolute atomic E-state index is 0.0895. The molecule has 24 heavy (non-hydrogen) atoms. The molecule has 1 N–H and O–H groups in total. The Morgan fingerprint density at radius 1 is 1.04 bits per heavy atom. The van der Waals surface area contributed by atoms with E-state index in [1.807, 2.05) is 24.3 Å². The number of fused-ring (bicyclic) bond motifs is 1. The summed E-state index contributed by atoms with van der Waals surface area (Å²) in [6.07, 6.45) is 0.160. The van der Waals surface area contributed by atoms with Crippen LogP contribution in [0.5, 0.6) is 17.2 Å². The third-order valence-corrected chi connectivity index (χ3v) is 3.75. The van der Waals surface area contributed by atoms with Gasteiger partial charge in [-0.3, -0.25) is 4.79 Å². The summed E-state index contributed by atoms with van der Waals surface area (Å²) >= 11 is 0. The molecule has 124 valence electrons. The SMILES string of the molecule is COc1cc(C(=O)Cc2nc3ccccc3[nH]2)cc(OC)c1OC. The number of Topliss-reactive ketones (excluding diaryl/α,β-unsaturated/α-hetero) is 1. The van der Waals surface area contributed by atoms with Crippen molar-refractivity contribution in [2.75, 3.05) is 21.3 Å². The number of rotatable bonds is 6. The third-order valence-electron chi connectivity index (χ3n) is 3.75. The molecule has 1 heterocycles. The number of hydrogen-bond donors (Lipinski definition) is 1. The fourth-order valence-corrected chi connectivity index (χ4v) is 2.59. The monoisotopic (exact) mass is 326 g/mol. The fraction of sp³-hybridized carbons (Fsp3) is 0.222. The van der Waals surface area contributed by atoms with E-state index in [-0.39, 0.29) is 12.2 Å². The number of carbonyl (C=O) groups excluding carboxylic acids is 1. The summed E-state index contributed by atoms with van der Waals surface area (Å²) in [5.41, 5.74) is 2.22. The predicted octanol–water partition coefficient (Wildman–Crippen LogP) is 3.01. The first-order valence-corrected chi connectivity index (χ1v) is 7.43. The number of imidazole rings is 1. The van der Waals surface area contributed by atoms with Gasteiger partial charge in [0.2, 0.25) is 5.75 Å². The number of para-hydroxylation sites is 2. The lowest BCUT2D eigenvalue weighted by atomic mass is 10.1. The molecule has 0 unspecified atom stereocenters. The van der Waals surface area contributed by atoms with Crippen molar-refractivity contribution < 1.29 is 19.0 Å². The Kier molecular flexibility index (Phi) is 4.37. The molecule has 0 aliphatic rings. The molecule has 6 heteroatoms. The number of carbonyl (C=O) groups is 1. The quantitative estimate of drug-likeness (QED) is 0.705. The van der Waals surface area contributed by atoms with Gasteiger partial charge in [-0.05, 0) is 24.3 Å². The lowest BCUT2D eigenvalue weighted by Crippen LogP contribution is -2.06. The summed E-state index contributed by atoms with van der Waals surface area (Å²) < 4.78 is 15.8. The second-order valence-corrected chi connectivity index (χ2v) is 5.21. The molecule has 3 aromatic rings. The van der Waals surface area contributed by atoms with Gasteiger partial charge in [-0.25, -0.2) is 4.98 Å². The van der Waals surface area contributed by atoms with Crippen molar-refractivity contribution in [2.45, 2.75) is 6.42 Å². The van der Waals surface area contributed by atoms with Gasteiger partial charge in [0.05, 0.1) is 38.8 Å². The number of hydrogen-bond acceptors (Lipinski definition) is 5. The number of nitrogens with zero attached hydrogens (tertiary/aromatic N) is 1. The third kappa shape index (κ3) is 2.90. The molecule has 0 saturated carbocycles. The van der Waals surface area contributed by atoms with E-state index in [4.69, 9.17) is 14.2 Å². The maximum atomic E-state index is 12.6. The molecule has 3 rings (SSSR count). The first-order valence-electron chi connectivity index (χ1n) is 7.43. The van der Waals surface area contributed by atoms with E-state index >= 15 is 0 Å². The fourth-order valence-electron chi connectivity index (χ4n) is 2.59. The summed E-state index contributed by atoms with van der Waals surface area (Å²) in [4.78, 5) is 20.2. The maximum Gasteiger partial charge on any atom is 0.203 e. The molecule has 6 nitrogen and oxygen atoms in total. The van der Waals surface area contributed by atoms with Crippen molar-refractivity contribution >= 4 is 16.8 Å². The second kappa shape index (κ2) is 6.62. The van der Waals surface area contributed by atoms with Crippen molar-refractivity contribution in [1.29, 1.82) is 0 Å². The number of aromatic amines is 1. The lowest BCUT2D eigenvalue weighted by molar-refractivity contribution is 0.0990. The number of nitrogens with one attached hydrogen (secondary N) is 1. The molecule has 0 radical (unpaired) electrons. The van der Waals surface area contributed by atoms with E-state index in [1.165, 1.54) is 21.3 Å². The summed E-state index contributed by atoms with van der Waals surface area (Å²) in [6.45, 7) is 0. The van der Waals surface area contributed by atoms with Crippen LogP contribution in [0, 0.1) is 0 Å². The van der Waals surface area contributed by atoms with E-state index in [1.54, 1.807) is 12.1 Å². The zero-order valence-electron chi connectivity index (χ0n) is 13.8. The van der Waals surface area contributed by atoms with Gasteiger partial charge in [0.1, 0.15) is 5.82 Å². The van der Waals surface area contributed by atoms with Crippen LogP contribution in [0.3, 0.4) is 0 Å². The van der Waals surface area contributed by atoms with E-state index < -0.39 is 0 Å². The minimum atomic E-state index is -0.0895. The molecule has 1 aromatic heterocycles. The largest absolute Gasteiger partial charge is 0.493 e. The summed E-state index contributed by atoms with van der Waals surface area (Å²) in [5.74, 6) is 1.89. The van der Waals surface area contributed by atoms with Crippen LogP contribution in [0.2, 0.25) is 0 Å². The van der Waals surface area contributed by atoms with Crippen molar-refractivity contribution in [3.8, 4) is 17.2 Å². The van der Waals surface area contributed by atoms with Crippen LogP contribution in [0.15, 0.2) is 36.4 Å². The Hall–Kier alpha value is -3.02. The van der Waals surface area contributed by atoms with Crippen LogP contribution >= 0.6 is 0 Å². The molecule has 0 aliphatic heterocycles. The highest BCUT2D eigenvalue weighted by atomic mass is 16.5. The van der Waals surface area contributed by atoms with Gasteiger partial charge in [-0.15, -0.1) is 0 Å². The van der Waals surface area contributed by atoms with Crippen molar-refractivity contribution in [1.82, 2.24) is 9.97 Å².